The van der Waals surface area contributed by atoms with Gasteiger partial charge in [0.2, 0.25) is 5.91 Å². The van der Waals surface area contributed by atoms with Crippen molar-refractivity contribution in [2.45, 2.75) is 25.3 Å². The Bertz CT molecular complexity index is 588. The fraction of sp³-hybridized carbons (Fsp3) is 0.438. The van der Waals surface area contributed by atoms with Crippen molar-refractivity contribution >= 4 is 17.8 Å². The van der Waals surface area contributed by atoms with Crippen molar-refractivity contribution < 1.29 is 14.4 Å². The maximum Gasteiger partial charge on any atom is 0.326 e. The lowest BCUT2D eigenvalue weighted by atomic mass is 10.1. The normalized spacial score (nSPS) is 19.2. The Morgan fingerprint density at radius 1 is 1.30 bits per heavy atom. The van der Waals surface area contributed by atoms with Crippen molar-refractivity contribution in [2.75, 3.05) is 20.7 Å². The number of aryl methyl sites for hydroxylation is 1. The first kappa shape index (κ1) is 16.8. The number of carbonyl (C=O) groups is 2. The number of nitrogens with two attached hydrogens (primary N) is 1. The molecule has 1 aromatic rings. The molecule has 1 heterocycles. The van der Waals surface area contributed by atoms with Crippen LogP contribution >= 0.6 is 0 Å². The Labute approximate surface area is 135 Å². The number of carbonyl (C=O) groups excluding carboxylic acids is 2. The van der Waals surface area contributed by atoms with E-state index in [1.807, 2.05) is 30.3 Å². The van der Waals surface area contributed by atoms with Crippen LogP contribution in [0, 0.1) is 0 Å². The highest BCUT2D eigenvalue weighted by molar-refractivity contribution is 5.96. The van der Waals surface area contributed by atoms with Crippen molar-refractivity contribution in [2.24, 2.45) is 10.9 Å². The van der Waals surface area contributed by atoms with E-state index in [-0.39, 0.29) is 31.0 Å². The van der Waals surface area contributed by atoms with Crippen LogP contribution in [0.25, 0.3) is 0 Å². The quantitative estimate of drug-likeness (QED) is 0.485. The largest absolute Gasteiger partial charge is 0.392 e. The van der Waals surface area contributed by atoms with E-state index in [4.69, 9.17) is 10.6 Å². The molecule has 2 rings (SSSR count). The van der Waals surface area contributed by atoms with E-state index in [1.165, 1.54) is 17.5 Å². The summed E-state index contributed by atoms with van der Waals surface area (Å²) in [7, 11) is 3.11. The van der Waals surface area contributed by atoms with Crippen LogP contribution in [0.1, 0.15) is 18.4 Å². The van der Waals surface area contributed by atoms with E-state index in [2.05, 4.69) is 5.16 Å². The highest BCUT2D eigenvalue weighted by Crippen LogP contribution is 2.14. The summed E-state index contributed by atoms with van der Waals surface area (Å²) in [6.45, 7) is 0.147. The Morgan fingerprint density at radius 3 is 2.70 bits per heavy atom. The first-order chi connectivity index (χ1) is 11.0. The zero-order chi connectivity index (χ0) is 16.8. The minimum atomic E-state index is -0.337. The molecule has 7 nitrogen and oxygen atoms in total. The zero-order valence-corrected chi connectivity index (χ0v) is 13.4. The van der Waals surface area contributed by atoms with Gasteiger partial charge in [0.15, 0.2) is 0 Å². The maximum absolute atomic E-state index is 11.8. The van der Waals surface area contributed by atoms with E-state index >= 15 is 0 Å². The molecule has 0 radical (unpaired) electrons. The predicted octanol–water partition coefficient (Wildman–Crippen LogP) is 1.19. The number of oxime groups is 1. The molecule has 23 heavy (non-hydrogen) atoms. The number of urea groups is 1. The van der Waals surface area contributed by atoms with Gasteiger partial charge in [0.05, 0.1) is 12.5 Å². The van der Waals surface area contributed by atoms with Crippen molar-refractivity contribution in [3.05, 3.63) is 35.9 Å². The Morgan fingerprint density at radius 2 is 2.00 bits per heavy atom. The smallest absolute Gasteiger partial charge is 0.326 e. The second-order valence-electron chi connectivity index (χ2n) is 5.57. The number of nitrogens with zero attached hydrogens (tertiary/aromatic N) is 3. The molecule has 1 aromatic carbocycles. The summed E-state index contributed by atoms with van der Waals surface area (Å²) in [5, 5.41) is 3.87. The van der Waals surface area contributed by atoms with Crippen LogP contribution in [-0.2, 0) is 16.1 Å². The topological polar surface area (TPSA) is 88.2 Å². The molecule has 1 aliphatic rings. The highest BCUT2D eigenvalue weighted by Gasteiger charge is 2.34. The molecule has 124 valence electrons. The van der Waals surface area contributed by atoms with Gasteiger partial charge in [0.1, 0.15) is 12.4 Å². The molecule has 0 spiro atoms. The Hall–Kier alpha value is -2.57. The molecule has 0 saturated carbocycles. The Balaban J connectivity index is 1.79. The molecular weight excluding hydrogens is 296 g/mol. The molecule has 1 fully saturated rings. The minimum Gasteiger partial charge on any atom is -0.392 e. The van der Waals surface area contributed by atoms with Crippen molar-refractivity contribution in [1.82, 2.24) is 9.80 Å². The lowest BCUT2D eigenvalue weighted by Crippen LogP contribution is -2.55. The monoisotopic (exact) mass is 318 g/mol. The SMILES string of the molecule is CN1C(=O)CC(CO/N=C(\N)CCc2ccccc2)N(C)C1=O. The third kappa shape index (κ3) is 4.45. The Kier molecular flexibility index (Phi) is 5.56. The number of amides is 3. The molecule has 0 bridgehead atoms. The second-order valence-corrected chi connectivity index (χ2v) is 5.57. The predicted molar refractivity (Wildman–Crippen MR) is 86.7 cm³/mol. The number of hydrogen-bond acceptors (Lipinski definition) is 4. The van der Waals surface area contributed by atoms with E-state index < -0.39 is 0 Å². The van der Waals surface area contributed by atoms with Gasteiger partial charge in [-0.25, -0.2) is 4.79 Å². The van der Waals surface area contributed by atoms with Gasteiger partial charge >= 0.3 is 6.03 Å². The van der Waals surface area contributed by atoms with Gasteiger partial charge in [-0.2, -0.15) is 0 Å². The molecule has 1 atom stereocenters. The molecule has 7 heteroatoms. The molecule has 2 N–H and O–H groups in total. The fourth-order valence-corrected chi connectivity index (χ4v) is 2.31. The molecule has 0 aliphatic carbocycles. The van der Waals surface area contributed by atoms with Crippen LogP contribution < -0.4 is 5.73 Å². The number of benzene rings is 1. The lowest BCUT2D eigenvalue weighted by molar-refractivity contribution is -0.132. The zero-order valence-electron chi connectivity index (χ0n) is 13.4. The van der Waals surface area contributed by atoms with Gasteiger partial charge in [-0.1, -0.05) is 35.5 Å². The number of imide groups is 1. The third-order valence-electron chi connectivity index (χ3n) is 3.88. The average molecular weight is 318 g/mol. The van der Waals surface area contributed by atoms with Gasteiger partial charge in [-0.05, 0) is 12.0 Å². The van der Waals surface area contributed by atoms with Gasteiger partial charge in [0.25, 0.3) is 0 Å². The van der Waals surface area contributed by atoms with Gasteiger partial charge in [-0.15, -0.1) is 0 Å². The summed E-state index contributed by atoms with van der Waals surface area (Å²) in [5.41, 5.74) is 7.00. The summed E-state index contributed by atoms with van der Waals surface area (Å²) >= 11 is 0. The van der Waals surface area contributed by atoms with Crippen LogP contribution in [0.15, 0.2) is 35.5 Å². The first-order valence-corrected chi connectivity index (χ1v) is 7.50. The van der Waals surface area contributed by atoms with Crippen LogP contribution in [0.5, 0.6) is 0 Å². The molecule has 0 aromatic heterocycles. The summed E-state index contributed by atoms with van der Waals surface area (Å²) in [5.74, 6) is 0.171. The van der Waals surface area contributed by atoms with E-state index in [1.54, 1.807) is 7.05 Å². The average Bonchev–Trinajstić information content (AvgIpc) is 2.56. The van der Waals surface area contributed by atoms with Gasteiger partial charge in [-0.3, -0.25) is 9.69 Å². The molecular formula is C16H22N4O3. The van der Waals surface area contributed by atoms with Crippen LogP contribution in [-0.4, -0.2) is 54.3 Å². The second kappa shape index (κ2) is 7.62. The summed E-state index contributed by atoms with van der Waals surface area (Å²) in [4.78, 5) is 31.3. The van der Waals surface area contributed by atoms with Crippen LogP contribution in [0.3, 0.4) is 0 Å². The number of amidine groups is 1. The molecule has 3 amide bonds. The van der Waals surface area contributed by atoms with E-state index in [0.717, 1.165) is 11.3 Å². The molecule has 1 unspecified atom stereocenters. The lowest BCUT2D eigenvalue weighted by Gasteiger charge is -2.35. The van der Waals surface area contributed by atoms with Gasteiger partial charge in [0, 0.05) is 20.5 Å². The highest BCUT2D eigenvalue weighted by atomic mass is 16.6. The third-order valence-corrected chi connectivity index (χ3v) is 3.88. The van der Waals surface area contributed by atoms with E-state index in [9.17, 15) is 9.59 Å². The van der Waals surface area contributed by atoms with Crippen LogP contribution in [0.2, 0.25) is 0 Å². The summed E-state index contributed by atoms with van der Waals surface area (Å²) in [6.07, 6.45) is 1.59. The minimum absolute atomic E-state index is 0.147. The first-order valence-electron chi connectivity index (χ1n) is 7.50. The van der Waals surface area contributed by atoms with E-state index in [0.29, 0.717) is 12.3 Å². The fourth-order valence-electron chi connectivity index (χ4n) is 2.31. The molecule has 1 aliphatic heterocycles. The van der Waals surface area contributed by atoms with Crippen molar-refractivity contribution in [1.29, 1.82) is 0 Å². The molecule has 1 saturated heterocycles. The maximum atomic E-state index is 11.8. The number of likely N-dealkylation sites (N-methyl/N-ethyl adjacent to an activating group) is 1. The van der Waals surface area contributed by atoms with Gasteiger partial charge < -0.3 is 15.5 Å². The van der Waals surface area contributed by atoms with Crippen LogP contribution in [0.4, 0.5) is 4.79 Å². The summed E-state index contributed by atoms with van der Waals surface area (Å²) < 4.78 is 0. The summed E-state index contributed by atoms with van der Waals surface area (Å²) in [6, 6.07) is 9.31. The van der Waals surface area contributed by atoms with Crippen molar-refractivity contribution in [3.63, 3.8) is 0 Å². The number of rotatable bonds is 6. The van der Waals surface area contributed by atoms with Crippen molar-refractivity contribution in [3.8, 4) is 0 Å². The standard InChI is InChI=1S/C16H22N4O3/c1-19-13(10-15(21)20(2)16(19)22)11-23-18-14(17)9-8-12-6-4-3-5-7-12/h3-7,13H,8-11H2,1-2H3,(H2,17,18). The number of hydrogen-bond donors (Lipinski definition) is 1.